The van der Waals surface area contributed by atoms with E-state index < -0.39 is 0 Å². The van der Waals surface area contributed by atoms with Crippen LogP contribution in [0.3, 0.4) is 0 Å². The van der Waals surface area contributed by atoms with Crippen LogP contribution in [-0.4, -0.2) is 6.54 Å². The maximum absolute atomic E-state index is 6.27. The third-order valence-corrected chi connectivity index (χ3v) is 4.13. The summed E-state index contributed by atoms with van der Waals surface area (Å²) < 4.78 is 0. The quantitative estimate of drug-likeness (QED) is 0.829. The summed E-state index contributed by atoms with van der Waals surface area (Å²) in [5.41, 5.74) is 1.19. The summed E-state index contributed by atoms with van der Waals surface area (Å²) in [5, 5.41) is 4.91. The Kier molecular flexibility index (Phi) is 3.24. The van der Waals surface area contributed by atoms with E-state index >= 15 is 0 Å². The van der Waals surface area contributed by atoms with Crippen LogP contribution in [0, 0.1) is 0 Å². The zero-order valence-electron chi connectivity index (χ0n) is 8.82. The van der Waals surface area contributed by atoms with Crippen molar-refractivity contribution in [3.63, 3.8) is 0 Å². The van der Waals surface area contributed by atoms with Gasteiger partial charge < -0.3 is 5.32 Å². The molecule has 2 rings (SSSR count). The molecule has 1 aliphatic heterocycles. The van der Waals surface area contributed by atoms with Crippen LogP contribution in [0.2, 0.25) is 10.0 Å². The Balaban J connectivity index is 2.47. The molecular formula is C12H15Cl2N. The monoisotopic (exact) mass is 243 g/mol. The molecule has 1 N–H and O–H groups in total. The second kappa shape index (κ2) is 4.32. The van der Waals surface area contributed by atoms with Gasteiger partial charge >= 0.3 is 0 Å². The molecule has 1 fully saturated rings. The Morgan fingerprint density at radius 3 is 2.80 bits per heavy atom. The summed E-state index contributed by atoms with van der Waals surface area (Å²) in [7, 11) is 0. The second-order valence-corrected chi connectivity index (χ2v) is 4.85. The van der Waals surface area contributed by atoms with Gasteiger partial charge in [0.2, 0.25) is 0 Å². The highest BCUT2D eigenvalue weighted by atomic mass is 35.5. The molecule has 0 spiro atoms. The third-order valence-electron chi connectivity index (χ3n) is 3.31. The van der Waals surface area contributed by atoms with Crippen molar-refractivity contribution in [2.45, 2.75) is 31.7 Å². The summed E-state index contributed by atoms with van der Waals surface area (Å²) in [4.78, 5) is 0. The maximum atomic E-state index is 6.27. The third kappa shape index (κ3) is 1.89. The van der Waals surface area contributed by atoms with Crippen molar-refractivity contribution in [1.29, 1.82) is 0 Å². The fourth-order valence-corrected chi connectivity index (χ4v) is 2.88. The van der Waals surface area contributed by atoms with Crippen molar-refractivity contribution < 1.29 is 0 Å². The molecule has 1 atom stereocenters. The van der Waals surface area contributed by atoms with E-state index in [2.05, 4.69) is 18.3 Å². The van der Waals surface area contributed by atoms with Crippen molar-refractivity contribution in [3.8, 4) is 0 Å². The van der Waals surface area contributed by atoms with Crippen molar-refractivity contribution >= 4 is 23.2 Å². The van der Waals surface area contributed by atoms with Gasteiger partial charge in [-0.2, -0.15) is 0 Å². The normalized spacial score (nSPS) is 25.8. The molecule has 1 aromatic carbocycles. The largest absolute Gasteiger partial charge is 0.307 e. The fourth-order valence-electron chi connectivity index (χ4n) is 2.40. The predicted molar refractivity (Wildman–Crippen MR) is 65.7 cm³/mol. The number of nitrogens with one attached hydrogen (secondary N) is 1. The molecule has 1 heterocycles. The van der Waals surface area contributed by atoms with E-state index in [0.717, 1.165) is 24.9 Å². The van der Waals surface area contributed by atoms with E-state index in [9.17, 15) is 0 Å². The molecule has 1 unspecified atom stereocenters. The summed E-state index contributed by atoms with van der Waals surface area (Å²) >= 11 is 12.3. The van der Waals surface area contributed by atoms with Gasteiger partial charge in [0.1, 0.15) is 0 Å². The molecule has 15 heavy (non-hydrogen) atoms. The standard InChI is InChI=1S/C12H15Cl2N/c1-2-12(7-4-8-15-12)9-5-3-6-10(13)11(9)14/h3,5-6,15H,2,4,7-8H2,1H3. The lowest BCUT2D eigenvalue weighted by Crippen LogP contribution is -2.36. The molecule has 1 aliphatic rings. The molecule has 0 aliphatic carbocycles. The number of rotatable bonds is 2. The average molecular weight is 244 g/mol. The smallest absolute Gasteiger partial charge is 0.0642 e. The molecule has 0 aromatic heterocycles. The molecule has 1 aromatic rings. The van der Waals surface area contributed by atoms with Gasteiger partial charge in [0.25, 0.3) is 0 Å². The van der Waals surface area contributed by atoms with Gasteiger partial charge in [-0.3, -0.25) is 0 Å². The highest BCUT2D eigenvalue weighted by Crippen LogP contribution is 2.40. The number of hydrogen-bond acceptors (Lipinski definition) is 1. The zero-order valence-corrected chi connectivity index (χ0v) is 10.3. The van der Waals surface area contributed by atoms with Gasteiger partial charge in [-0.15, -0.1) is 0 Å². The van der Waals surface area contributed by atoms with Gasteiger partial charge in [-0.05, 0) is 37.4 Å². The van der Waals surface area contributed by atoms with Crippen LogP contribution in [-0.2, 0) is 5.54 Å². The van der Waals surface area contributed by atoms with Crippen LogP contribution in [0.4, 0.5) is 0 Å². The molecule has 0 amide bonds. The lowest BCUT2D eigenvalue weighted by Gasteiger charge is -2.30. The van der Waals surface area contributed by atoms with E-state index in [0.29, 0.717) is 10.0 Å². The Morgan fingerprint density at radius 2 is 2.20 bits per heavy atom. The first-order chi connectivity index (χ1) is 7.19. The Labute approximate surface area is 101 Å². The fraction of sp³-hybridized carbons (Fsp3) is 0.500. The van der Waals surface area contributed by atoms with Crippen LogP contribution >= 0.6 is 23.2 Å². The Bertz CT molecular complexity index is 357. The lowest BCUT2D eigenvalue weighted by atomic mass is 9.86. The van der Waals surface area contributed by atoms with Crippen LogP contribution in [0.15, 0.2) is 18.2 Å². The molecule has 3 heteroatoms. The van der Waals surface area contributed by atoms with Crippen LogP contribution < -0.4 is 5.32 Å². The van der Waals surface area contributed by atoms with Crippen molar-refractivity contribution in [2.24, 2.45) is 0 Å². The first kappa shape index (κ1) is 11.3. The van der Waals surface area contributed by atoms with Gasteiger partial charge in [0.05, 0.1) is 10.0 Å². The average Bonchev–Trinajstić information content (AvgIpc) is 2.72. The van der Waals surface area contributed by atoms with Crippen molar-refractivity contribution in [3.05, 3.63) is 33.8 Å². The minimum Gasteiger partial charge on any atom is -0.307 e. The second-order valence-electron chi connectivity index (χ2n) is 4.07. The SMILES string of the molecule is CCC1(c2cccc(Cl)c2Cl)CCCN1. The minimum atomic E-state index is 0.0436. The maximum Gasteiger partial charge on any atom is 0.0642 e. The van der Waals surface area contributed by atoms with Crippen LogP contribution in [0.5, 0.6) is 0 Å². The number of hydrogen-bond donors (Lipinski definition) is 1. The van der Waals surface area contributed by atoms with E-state index in [1.807, 2.05) is 12.1 Å². The van der Waals surface area contributed by atoms with Gasteiger partial charge in [-0.25, -0.2) is 0 Å². The summed E-state index contributed by atoms with van der Waals surface area (Å²) in [6.07, 6.45) is 3.40. The molecule has 1 nitrogen and oxygen atoms in total. The zero-order chi connectivity index (χ0) is 10.9. The Morgan fingerprint density at radius 1 is 1.40 bits per heavy atom. The van der Waals surface area contributed by atoms with Crippen molar-refractivity contribution in [1.82, 2.24) is 5.32 Å². The highest BCUT2D eigenvalue weighted by molar-refractivity contribution is 6.42. The van der Waals surface area contributed by atoms with E-state index in [1.54, 1.807) is 0 Å². The van der Waals surface area contributed by atoms with Crippen molar-refractivity contribution in [2.75, 3.05) is 6.54 Å². The highest BCUT2D eigenvalue weighted by Gasteiger charge is 2.35. The molecule has 82 valence electrons. The minimum absolute atomic E-state index is 0.0436. The molecule has 0 bridgehead atoms. The Hall–Kier alpha value is -0.240. The summed E-state index contributed by atoms with van der Waals surface area (Å²) in [5.74, 6) is 0. The van der Waals surface area contributed by atoms with Crippen LogP contribution in [0.1, 0.15) is 31.7 Å². The summed E-state index contributed by atoms with van der Waals surface area (Å²) in [6.45, 7) is 3.26. The van der Waals surface area contributed by atoms with Gasteiger partial charge in [-0.1, -0.05) is 42.3 Å². The molecule has 0 saturated carbocycles. The topological polar surface area (TPSA) is 12.0 Å². The summed E-state index contributed by atoms with van der Waals surface area (Å²) in [6, 6.07) is 5.89. The van der Waals surface area contributed by atoms with Gasteiger partial charge in [0, 0.05) is 5.54 Å². The van der Waals surface area contributed by atoms with E-state index in [4.69, 9.17) is 23.2 Å². The number of benzene rings is 1. The predicted octanol–water partition coefficient (Wildman–Crippen LogP) is 3.98. The first-order valence-electron chi connectivity index (χ1n) is 5.39. The van der Waals surface area contributed by atoms with Gasteiger partial charge in [0.15, 0.2) is 0 Å². The number of halogens is 2. The first-order valence-corrected chi connectivity index (χ1v) is 6.15. The van der Waals surface area contributed by atoms with E-state index in [1.165, 1.54) is 6.42 Å². The molecular weight excluding hydrogens is 229 g/mol. The van der Waals surface area contributed by atoms with E-state index in [-0.39, 0.29) is 5.54 Å². The molecule has 1 saturated heterocycles. The lowest BCUT2D eigenvalue weighted by molar-refractivity contribution is 0.376. The van der Waals surface area contributed by atoms with Crippen LogP contribution in [0.25, 0.3) is 0 Å². The molecule has 0 radical (unpaired) electrons.